The summed E-state index contributed by atoms with van der Waals surface area (Å²) < 4.78 is 0. The lowest BCUT2D eigenvalue weighted by Crippen LogP contribution is -2.24. The van der Waals surface area contributed by atoms with Gasteiger partial charge in [0, 0.05) is 13.1 Å². The zero-order valence-electron chi connectivity index (χ0n) is 10.6. The third-order valence-electron chi connectivity index (χ3n) is 2.72. The molecule has 0 N–H and O–H groups in total. The second-order valence-corrected chi connectivity index (χ2v) is 4.34. The highest BCUT2D eigenvalue weighted by atomic mass is 15.1. The zero-order chi connectivity index (χ0) is 11.8. The monoisotopic (exact) mass is 217 g/mol. The molecule has 0 bridgehead atoms. The van der Waals surface area contributed by atoms with Crippen LogP contribution in [0, 0.1) is 6.92 Å². The van der Waals surface area contributed by atoms with E-state index in [-0.39, 0.29) is 0 Å². The molecule has 0 aliphatic carbocycles. The van der Waals surface area contributed by atoms with E-state index in [1.54, 1.807) is 0 Å². The van der Waals surface area contributed by atoms with Gasteiger partial charge in [0.1, 0.15) is 0 Å². The molecule has 0 amide bonds. The zero-order valence-corrected chi connectivity index (χ0v) is 10.6. The van der Waals surface area contributed by atoms with E-state index in [9.17, 15) is 0 Å². The predicted molar refractivity (Wildman–Crippen MR) is 71.6 cm³/mol. The van der Waals surface area contributed by atoms with Crippen LogP contribution in [0.25, 0.3) is 0 Å². The Labute approximate surface area is 99.8 Å². The molecule has 0 heterocycles. The van der Waals surface area contributed by atoms with Gasteiger partial charge in [-0.2, -0.15) is 0 Å². The van der Waals surface area contributed by atoms with E-state index in [0.29, 0.717) is 0 Å². The lowest BCUT2D eigenvalue weighted by atomic mass is 10.1. The topological polar surface area (TPSA) is 3.24 Å². The molecule has 1 aromatic carbocycles. The first kappa shape index (κ1) is 13.0. The van der Waals surface area contributed by atoms with Crippen LogP contribution in [0.5, 0.6) is 0 Å². The molecule has 0 aromatic heterocycles. The Hall–Kier alpha value is -1.08. The van der Waals surface area contributed by atoms with Crippen LogP contribution < -0.4 is 0 Å². The number of benzene rings is 1. The molecule has 0 saturated carbocycles. The highest BCUT2D eigenvalue weighted by Crippen LogP contribution is 2.08. The molecule has 1 heteroatoms. The second kappa shape index (κ2) is 7.24. The predicted octanol–water partition coefficient (Wildman–Crippen LogP) is 3.78. The standard InChI is InChI=1S/C15H23N/c1-4-6-12-16(11-5-2)13-15-9-7-14(3)8-10-15/h4,7-10H,1,5-6,11-13H2,2-3H3. The fourth-order valence-corrected chi connectivity index (χ4v) is 1.81. The van der Waals surface area contributed by atoms with Crippen LogP contribution in [0.4, 0.5) is 0 Å². The summed E-state index contributed by atoms with van der Waals surface area (Å²) >= 11 is 0. The van der Waals surface area contributed by atoms with Crippen molar-refractivity contribution < 1.29 is 0 Å². The van der Waals surface area contributed by atoms with Gasteiger partial charge in [-0.05, 0) is 31.9 Å². The third kappa shape index (κ3) is 4.63. The molecule has 0 fully saturated rings. The number of rotatable bonds is 7. The van der Waals surface area contributed by atoms with Crippen LogP contribution in [0.2, 0.25) is 0 Å². The van der Waals surface area contributed by atoms with E-state index >= 15 is 0 Å². The molecular weight excluding hydrogens is 194 g/mol. The van der Waals surface area contributed by atoms with Crippen LogP contribution in [-0.2, 0) is 6.54 Å². The van der Waals surface area contributed by atoms with Crippen molar-refractivity contribution in [1.82, 2.24) is 4.90 Å². The highest BCUT2D eigenvalue weighted by molar-refractivity contribution is 5.21. The van der Waals surface area contributed by atoms with E-state index in [4.69, 9.17) is 0 Å². The second-order valence-electron chi connectivity index (χ2n) is 4.34. The van der Waals surface area contributed by atoms with E-state index < -0.39 is 0 Å². The first-order chi connectivity index (χ1) is 7.76. The Balaban J connectivity index is 2.52. The fraction of sp³-hybridized carbons (Fsp3) is 0.467. The van der Waals surface area contributed by atoms with Gasteiger partial charge < -0.3 is 0 Å². The summed E-state index contributed by atoms with van der Waals surface area (Å²) in [5.74, 6) is 0. The van der Waals surface area contributed by atoms with Crippen LogP contribution in [0.1, 0.15) is 30.9 Å². The van der Waals surface area contributed by atoms with Crippen LogP contribution in [0.15, 0.2) is 36.9 Å². The summed E-state index contributed by atoms with van der Waals surface area (Å²) in [5, 5.41) is 0. The van der Waals surface area contributed by atoms with Crippen molar-refractivity contribution in [2.24, 2.45) is 0 Å². The van der Waals surface area contributed by atoms with Gasteiger partial charge in [0.05, 0.1) is 0 Å². The minimum atomic E-state index is 1.06. The number of aryl methyl sites for hydroxylation is 1. The maximum absolute atomic E-state index is 3.78. The Morgan fingerprint density at radius 1 is 1.19 bits per heavy atom. The van der Waals surface area contributed by atoms with Crippen molar-refractivity contribution in [3.8, 4) is 0 Å². The molecule has 0 aliphatic rings. The first-order valence-electron chi connectivity index (χ1n) is 6.15. The SMILES string of the molecule is C=CCCN(CCC)Cc1ccc(C)cc1. The van der Waals surface area contributed by atoms with E-state index in [1.165, 1.54) is 24.1 Å². The molecular formula is C15H23N. The van der Waals surface area contributed by atoms with Gasteiger partial charge in [0.25, 0.3) is 0 Å². The Kier molecular flexibility index (Phi) is 5.87. The van der Waals surface area contributed by atoms with Crippen LogP contribution in [-0.4, -0.2) is 18.0 Å². The maximum atomic E-state index is 3.78. The molecule has 0 aliphatic heterocycles. The van der Waals surface area contributed by atoms with Crippen molar-refractivity contribution in [2.45, 2.75) is 33.2 Å². The average Bonchev–Trinajstić information content (AvgIpc) is 2.29. The smallest absolute Gasteiger partial charge is 0.0233 e. The molecule has 16 heavy (non-hydrogen) atoms. The summed E-state index contributed by atoms with van der Waals surface area (Å²) in [6.07, 6.45) is 4.28. The fourth-order valence-electron chi connectivity index (χ4n) is 1.81. The Morgan fingerprint density at radius 3 is 2.44 bits per heavy atom. The minimum absolute atomic E-state index is 1.06. The number of hydrogen-bond acceptors (Lipinski definition) is 1. The molecule has 0 spiro atoms. The Bertz CT molecular complexity index is 300. The summed E-state index contributed by atoms with van der Waals surface area (Å²) in [7, 11) is 0. The van der Waals surface area contributed by atoms with Gasteiger partial charge in [0.2, 0.25) is 0 Å². The largest absolute Gasteiger partial charge is 0.299 e. The third-order valence-corrected chi connectivity index (χ3v) is 2.72. The van der Waals surface area contributed by atoms with Crippen molar-refractivity contribution in [2.75, 3.05) is 13.1 Å². The molecule has 1 nitrogen and oxygen atoms in total. The number of nitrogens with zero attached hydrogens (tertiary/aromatic N) is 1. The summed E-state index contributed by atoms with van der Waals surface area (Å²) in [6, 6.07) is 8.83. The Morgan fingerprint density at radius 2 is 1.88 bits per heavy atom. The van der Waals surface area contributed by atoms with Gasteiger partial charge in [-0.3, -0.25) is 4.90 Å². The molecule has 88 valence electrons. The first-order valence-corrected chi connectivity index (χ1v) is 6.15. The van der Waals surface area contributed by atoms with Crippen molar-refractivity contribution in [1.29, 1.82) is 0 Å². The van der Waals surface area contributed by atoms with E-state index in [1.807, 2.05) is 6.08 Å². The normalized spacial score (nSPS) is 10.7. The van der Waals surface area contributed by atoms with Gasteiger partial charge in [-0.25, -0.2) is 0 Å². The van der Waals surface area contributed by atoms with Gasteiger partial charge in [0.15, 0.2) is 0 Å². The molecule has 0 saturated heterocycles. The molecule has 0 unspecified atom stereocenters. The van der Waals surface area contributed by atoms with Crippen LogP contribution in [0.3, 0.4) is 0 Å². The highest BCUT2D eigenvalue weighted by Gasteiger charge is 2.03. The van der Waals surface area contributed by atoms with E-state index in [2.05, 4.69) is 49.6 Å². The van der Waals surface area contributed by atoms with Crippen LogP contribution >= 0.6 is 0 Å². The van der Waals surface area contributed by atoms with Gasteiger partial charge in [-0.1, -0.05) is 42.8 Å². The summed E-state index contributed by atoms with van der Waals surface area (Å²) in [4.78, 5) is 2.49. The van der Waals surface area contributed by atoms with Crippen molar-refractivity contribution in [3.05, 3.63) is 48.0 Å². The van der Waals surface area contributed by atoms with E-state index in [0.717, 1.165) is 19.5 Å². The quantitative estimate of drug-likeness (QED) is 0.628. The van der Waals surface area contributed by atoms with Gasteiger partial charge >= 0.3 is 0 Å². The molecule has 0 atom stereocenters. The molecule has 1 rings (SSSR count). The van der Waals surface area contributed by atoms with Crippen molar-refractivity contribution >= 4 is 0 Å². The van der Waals surface area contributed by atoms with Gasteiger partial charge in [-0.15, -0.1) is 6.58 Å². The lowest BCUT2D eigenvalue weighted by molar-refractivity contribution is 0.271. The number of hydrogen-bond donors (Lipinski definition) is 0. The molecule has 0 radical (unpaired) electrons. The average molecular weight is 217 g/mol. The summed E-state index contributed by atoms with van der Waals surface area (Å²) in [5.41, 5.74) is 2.74. The minimum Gasteiger partial charge on any atom is -0.299 e. The maximum Gasteiger partial charge on any atom is 0.0233 e. The lowest BCUT2D eigenvalue weighted by Gasteiger charge is -2.21. The molecule has 1 aromatic rings. The van der Waals surface area contributed by atoms with Crippen molar-refractivity contribution in [3.63, 3.8) is 0 Å². The summed E-state index contributed by atoms with van der Waals surface area (Å²) in [6.45, 7) is 11.5.